The number of hydrogen-bond acceptors (Lipinski definition) is 4. The largest absolute Gasteiger partial charge is 0.323 e. The quantitative estimate of drug-likeness (QED) is 0.763. The van der Waals surface area contributed by atoms with Gasteiger partial charge in [0, 0.05) is 17.6 Å². The van der Waals surface area contributed by atoms with Crippen molar-refractivity contribution in [3.63, 3.8) is 0 Å². The minimum Gasteiger partial charge on any atom is -0.323 e. The Hall–Kier alpha value is -1.41. The Morgan fingerprint density at radius 3 is 2.38 bits per heavy atom. The predicted octanol–water partition coefficient (Wildman–Crippen LogP) is 3.51. The molecule has 0 saturated carbocycles. The van der Waals surface area contributed by atoms with Crippen LogP contribution in [0.4, 0.5) is 5.69 Å². The van der Waals surface area contributed by atoms with Crippen LogP contribution in [0.1, 0.15) is 11.6 Å². The van der Waals surface area contributed by atoms with Crippen molar-refractivity contribution >= 4 is 49.0 Å². The van der Waals surface area contributed by atoms with Crippen molar-refractivity contribution in [2.24, 2.45) is 0 Å². The molecular formula is C18H18BrClN2O3S. The van der Waals surface area contributed by atoms with Gasteiger partial charge in [-0.3, -0.25) is 9.69 Å². The van der Waals surface area contributed by atoms with Gasteiger partial charge >= 0.3 is 0 Å². The van der Waals surface area contributed by atoms with Crippen LogP contribution in [0.5, 0.6) is 0 Å². The number of hydrogen-bond donors (Lipinski definition) is 1. The Morgan fingerprint density at radius 2 is 1.77 bits per heavy atom. The van der Waals surface area contributed by atoms with Crippen LogP contribution in [0.3, 0.4) is 0 Å². The Kier molecular flexibility index (Phi) is 6.02. The maximum absolute atomic E-state index is 13.0. The third kappa shape index (κ3) is 4.65. The summed E-state index contributed by atoms with van der Waals surface area (Å²) in [6.45, 7) is 0.646. The van der Waals surface area contributed by atoms with Gasteiger partial charge in [-0.15, -0.1) is 0 Å². The maximum Gasteiger partial charge on any atom is 0.246 e. The normalized spacial score (nSPS) is 18.2. The van der Waals surface area contributed by atoms with Crippen molar-refractivity contribution in [2.45, 2.75) is 6.04 Å². The molecule has 8 heteroatoms. The lowest BCUT2D eigenvalue weighted by molar-refractivity contribution is -0.121. The van der Waals surface area contributed by atoms with Crippen molar-refractivity contribution in [2.75, 3.05) is 29.9 Å². The fourth-order valence-electron chi connectivity index (χ4n) is 2.94. The zero-order valence-corrected chi connectivity index (χ0v) is 17.0. The van der Waals surface area contributed by atoms with E-state index in [1.165, 1.54) is 0 Å². The molecule has 0 radical (unpaired) electrons. The zero-order chi connectivity index (χ0) is 18.7. The molecule has 1 atom stereocenters. The van der Waals surface area contributed by atoms with Crippen molar-refractivity contribution in [3.05, 3.63) is 63.6 Å². The third-order valence-corrected chi connectivity index (χ3v) is 6.71. The smallest absolute Gasteiger partial charge is 0.246 e. The molecule has 1 N–H and O–H groups in total. The Labute approximate surface area is 166 Å². The van der Waals surface area contributed by atoms with E-state index in [1.807, 2.05) is 35.2 Å². The van der Waals surface area contributed by atoms with Gasteiger partial charge in [0.1, 0.15) is 6.04 Å². The summed E-state index contributed by atoms with van der Waals surface area (Å²) in [5.74, 6) is -0.120. The molecule has 1 saturated heterocycles. The van der Waals surface area contributed by atoms with Crippen LogP contribution in [0, 0.1) is 0 Å². The first kappa shape index (κ1) is 19.4. The lowest BCUT2D eigenvalue weighted by atomic mass is 10.0. The summed E-state index contributed by atoms with van der Waals surface area (Å²) >= 11 is 9.55. The summed E-state index contributed by atoms with van der Waals surface area (Å²) in [5.41, 5.74) is 1.34. The fourth-order valence-corrected chi connectivity index (χ4v) is 4.89. The first-order valence-electron chi connectivity index (χ1n) is 8.11. The summed E-state index contributed by atoms with van der Waals surface area (Å²) in [4.78, 5) is 14.9. The molecule has 1 aliphatic rings. The van der Waals surface area contributed by atoms with Crippen LogP contribution >= 0.6 is 27.5 Å². The summed E-state index contributed by atoms with van der Waals surface area (Å²) in [7, 11) is -3.03. The molecule has 3 rings (SSSR count). The average molecular weight is 458 g/mol. The van der Waals surface area contributed by atoms with Gasteiger partial charge < -0.3 is 5.32 Å². The van der Waals surface area contributed by atoms with Crippen LogP contribution in [0.2, 0.25) is 5.02 Å². The maximum atomic E-state index is 13.0. The van der Waals surface area contributed by atoms with E-state index in [1.54, 1.807) is 18.2 Å². The van der Waals surface area contributed by atoms with Gasteiger partial charge in [0.05, 0.1) is 22.2 Å². The average Bonchev–Trinajstić information content (AvgIpc) is 2.60. The van der Waals surface area contributed by atoms with Gasteiger partial charge in [0.25, 0.3) is 0 Å². The van der Waals surface area contributed by atoms with E-state index in [0.29, 0.717) is 23.8 Å². The molecule has 138 valence electrons. The number of anilines is 1. The summed E-state index contributed by atoms with van der Waals surface area (Å²) < 4.78 is 24.3. The molecule has 2 aromatic carbocycles. The van der Waals surface area contributed by atoms with Crippen LogP contribution in [-0.4, -0.2) is 43.8 Å². The molecule has 5 nitrogen and oxygen atoms in total. The lowest BCUT2D eigenvalue weighted by Gasteiger charge is -2.33. The van der Waals surface area contributed by atoms with Crippen LogP contribution < -0.4 is 5.32 Å². The highest BCUT2D eigenvalue weighted by atomic mass is 79.9. The summed E-state index contributed by atoms with van der Waals surface area (Å²) in [5, 5.41) is 3.30. The molecule has 2 aromatic rings. The first-order valence-corrected chi connectivity index (χ1v) is 11.1. The Bertz CT molecular complexity index is 892. The van der Waals surface area contributed by atoms with E-state index < -0.39 is 15.9 Å². The highest BCUT2D eigenvalue weighted by molar-refractivity contribution is 9.10. The third-order valence-electron chi connectivity index (χ3n) is 4.30. The fraction of sp³-hybridized carbons (Fsp3) is 0.278. The topological polar surface area (TPSA) is 66.5 Å². The number of sulfone groups is 1. The molecule has 1 aliphatic heterocycles. The van der Waals surface area contributed by atoms with Crippen LogP contribution in [0.25, 0.3) is 0 Å². The molecule has 1 unspecified atom stereocenters. The standard InChI is InChI=1S/C18H18BrClN2O3S/c19-14-6-7-16(15(20)12-14)21-18(23)17(13-4-2-1-3-5-13)22-8-10-26(24,25)11-9-22/h1-7,12,17H,8-11H2,(H,21,23). The van der Waals surface area contributed by atoms with Crippen molar-refractivity contribution in [1.82, 2.24) is 4.90 Å². The second-order valence-electron chi connectivity index (χ2n) is 6.11. The van der Waals surface area contributed by atoms with E-state index in [2.05, 4.69) is 21.2 Å². The van der Waals surface area contributed by atoms with Gasteiger partial charge in [-0.1, -0.05) is 57.9 Å². The zero-order valence-electron chi connectivity index (χ0n) is 13.9. The number of nitrogens with zero attached hydrogens (tertiary/aromatic N) is 1. The number of rotatable bonds is 4. The molecule has 0 bridgehead atoms. The molecule has 0 aliphatic carbocycles. The van der Waals surface area contributed by atoms with Crippen molar-refractivity contribution in [1.29, 1.82) is 0 Å². The number of halogens is 2. The molecular weight excluding hydrogens is 440 g/mol. The number of carbonyl (C=O) groups excluding carboxylic acids is 1. The minimum atomic E-state index is -3.03. The lowest BCUT2D eigenvalue weighted by Crippen LogP contribution is -2.46. The van der Waals surface area contributed by atoms with E-state index in [-0.39, 0.29) is 17.4 Å². The first-order chi connectivity index (χ1) is 12.4. The summed E-state index contributed by atoms with van der Waals surface area (Å²) in [6.07, 6.45) is 0. The van der Waals surface area contributed by atoms with Gasteiger partial charge in [-0.25, -0.2) is 8.42 Å². The highest BCUT2D eigenvalue weighted by Gasteiger charge is 2.32. The molecule has 1 amide bonds. The number of nitrogens with one attached hydrogen (secondary N) is 1. The second kappa shape index (κ2) is 8.08. The Morgan fingerprint density at radius 1 is 1.12 bits per heavy atom. The van der Waals surface area contributed by atoms with Gasteiger partial charge in [-0.05, 0) is 23.8 Å². The second-order valence-corrected chi connectivity index (χ2v) is 9.74. The molecule has 0 aromatic heterocycles. The number of amides is 1. The van der Waals surface area contributed by atoms with Gasteiger partial charge in [0.2, 0.25) is 5.91 Å². The van der Waals surface area contributed by atoms with E-state index in [0.717, 1.165) is 10.0 Å². The summed E-state index contributed by atoms with van der Waals surface area (Å²) in [6, 6.07) is 14.0. The van der Waals surface area contributed by atoms with Crippen molar-refractivity contribution < 1.29 is 13.2 Å². The number of carbonyl (C=O) groups is 1. The number of benzene rings is 2. The molecule has 26 heavy (non-hydrogen) atoms. The van der Waals surface area contributed by atoms with Crippen molar-refractivity contribution in [3.8, 4) is 0 Å². The highest BCUT2D eigenvalue weighted by Crippen LogP contribution is 2.29. The van der Waals surface area contributed by atoms with Crippen LogP contribution in [-0.2, 0) is 14.6 Å². The SMILES string of the molecule is O=C(Nc1ccc(Br)cc1Cl)C(c1ccccc1)N1CCS(=O)(=O)CC1. The molecule has 1 heterocycles. The molecule has 1 fully saturated rings. The minimum absolute atomic E-state index is 0.0582. The molecule has 0 spiro atoms. The monoisotopic (exact) mass is 456 g/mol. The van der Waals surface area contributed by atoms with Crippen LogP contribution in [0.15, 0.2) is 53.0 Å². The Balaban J connectivity index is 1.87. The predicted molar refractivity (Wildman–Crippen MR) is 107 cm³/mol. The van der Waals surface area contributed by atoms with E-state index in [4.69, 9.17) is 11.6 Å². The van der Waals surface area contributed by atoms with Gasteiger partial charge in [0.15, 0.2) is 9.84 Å². The van der Waals surface area contributed by atoms with E-state index >= 15 is 0 Å². The van der Waals surface area contributed by atoms with E-state index in [9.17, 15) is 13.2 Å². The van der Waals surface area contributed by atoms with Gasteiger partial charge in [-0.2, -0.15) is 0 Å².